The maximum absolute atomic E-state index is 12.4. The van der Waals surface area contributed by atoms with E-state index in [1.165, 1.54) is 0 Å². The summed E-state index contributed by atoms with van der Waals surface area (Å²) in [6.07, 6.45) is 1.47. The number of aliphatic hydroxyl groups is 1. The lowest BCUT2D eigenvalue weighted by atomic mass is 10.1. The molecule has 2 atom stereocenters. The van der Waals surface area contributed by atoms with Gasteiger partial charge in [0, 0.05) is 12.5 Å². The molecule has 1 aliphatic carbocycles. The quantitative estimate of drug-likeness (QED) is 0.690. The zero-order valence-electron chi connectivity index (χ0n) is 12.2. The number of hydrogen-bond acceptors (Lipinski definition) is 4. The Kier molecular flexibility index (Phi) is 3.24. The van der Waals surface area contributed by atoms with Crippen LogP contribution in [0.5, 0.6) is 0 Å². The number of aliphatic hydroxyl groups excluding tert-OH is 1. The highest BCUT2D eigenvalue weighted by molar-refractivity contribution is 5.93. The molecule has 1 aromatic carbocycles. The largest absolute Gasteiger partial charge is 0.463 e. The fourth-order valence-electron chi connectivity index (χ4n) is 2.96. The number of fused-ring (bicyclic) bond motifs is 1. The maximum atomic E-state index is 12.4. The van der Waals surface area contributed by atoms with Crippen molar-refractivity contribution in [3.63, 3.8) is 0 Å². The van der Waals surface area contributed by atoms with Crippen molar-refractivity contribution in [2.24, 2.45) is 0 Å². The highest BCUT2D eigenvalue weighted by Gasteiger charge is 2.32. The molecule has 2 aromatic heterocycles. The first-order chi connectivity index (χ1) is 11.2. The standard InChI is InChI=1S/C17H15N3O3/c21-14-8-10-4-1-2-5-11(10)16(14)18-17(22)13-9-12(19-20-13)15-6-3-7-23-15/h1-7,9,14,16,21H,8H2,(H,18,22)(H,19,20)/t14-,16+/m0/s1. The van der Waals surface area contributed by atoms with Gasteiger partial charge < -0.3 is 14.8 Å². The molecule has 6 nitrogen and oxygen atoms in total. The Bertz CT molecular complexity index is 838. The molecular weight excluding hydrogens is 294 g/mol. The predicted octanol–water partition coefficient (Wildman–Crippen LogP) is 2.06. The third-order valence-electron chi connectivity index (χ3n) is 4.09. The van der Waals surface area contributed by atoms with Crippen LogP contribution in [0.3, 0.4) is 0 Å². The number of furan rings is 1. The third kappa shape index (κ3) is 2.43. The van der Waals surface area contributed by atoms with Crippen molar-refractivity contribution in [2.75, 3.05) is 0 Å². The Labute approximate surface area is 132 Å². The van der Waals surface area contributed by atoms with E-state index in [4.69, 9.17) is 4.42 Å². The molecule has 1 amide bonds. The Hall–Kier alpha value is -2.86. The smallest absolute Gasteiger partial charge is 0.272 e. The zero-order valence-corrected chi connectivity index (χ0v) is 12.2. The lowest BCUT2D eigenvalue weighted by molar-refractivity contribution is 0.0853. The number of hydrogen-bond donors (Lipinski definition) is 3. The molecule has 6 heteroatoms. The minimum atomic E-state index is -0.625. The molecule has 23 heavy (non-hydrogen) atoms. The minimum Gasteiger partial charge on any atom is -0.463 e. The van der Waals surface area contributed by atoms with Crippen LogP contribution in [0, 0.1) is 0 Å². The average molecular weight is 309 g/mol. The van der Waals surface area contributed by atoms with Gasteiger partial charge in [0.15, 0.2) is 11.5 Å². The number of aromatic amines is 1. The van der Waals surface area contributed by atoms with Crippen LogP contribution in [0.1, 0.15) is 27.7 Å². The zero-order chi connectivity index (χ0) is 15.8. The summed E-state index contributed by atoms with van der Waals surface area (Å²) in [7, 11) is 0. The number of nitrogens with zero attached hydrogens (tertiary/aromatic N) is 1. The van der Waals surface area contributed by atoms with Gasteiger partial charge >= 0.3 is 0 Å². The van der Waals surface area contributed by atoms with Crippen LogP contribution in [0.4, 0.5) is 0 Å². The van der Waals surface area contributed by atoms with Gasteiger partial charge in [-0.15, -0.1) is 0 Å². The number of rotatable bonds is 3. The number of nitrogens with one attached hydrogen (secondary N) is 2. The second-order valence-electron chi connectivity index (χ2n) is 5.57. The highest BCUT2D eigenvalue weighted by Crippen LogP contribution is 2.31. The summed E-state index contributed by atoms with van der Waals surface area (Å²) in [4.78, 5) is 12.4. The van der Waals surface area contributed by atoms with E-state index in [0.29, 0.717) is 17.9 Å². The molecule has 0 bridgehead atoms. The average Bonchev–Trinajstić information content (AvgIpc) is 3.27. The fraction of sp³-hybridized carbons (Fsp3) is 0.176. The summed E-state index contributed by atoms with van der Waals surface area (Å²) >= 11 is 0. The predicted molar refractivity (Wildman–Crippen MR) is 82.6 cm³/mol. The fourth-order valence-corrected chi connectivity index (χ4v) is 2.96. The third-order valence-corrected chi connectivity index (χ3v) is 4.09. The first-order valence-electron chi connectivity index (χ1n) is 7.38. The first kappa shape index (κ1) is 13.8. The SMILES string of the molecule is O=C(N[C@@H]1c2ccccc2C[C@@H]1O)c1cc(-c2ccco2)[nH]n1. The topological polar surface area (TPSA) is 91.1 Å². The molecule has 2 heterocycles. The van der Waals surface area contributed by atoms with E-state index in [1.54, 1.807) is 24.5 Å². The van der Waals surface area contributed by atoms with Crippen molar-refractivity contribution < 1.29 is 14.3 Å². The molecule has 0 fully saturated rings. The molecule has 3 N–H and O–H groups in total. The normalized spacial score (nSPS) is 19.5. The van der Waals surface area contributed by atoms with Gasteiger partial charge in [0.1, 0.15) is 5.69 Å². The van der Waals surface area contributed by atoms with E-state index in [2.05, 4.69) is 15.5 Å². The Balaban J connectivity index is 1.55. The Morgan fingerprint density at radius 3 is 3.00 bits per heavy atom. The van der Waals surface area contributed by atoms with Crippen molar-refractivity contribution in [3.05, 3.63) is 65.5 Å². The van der Waals surface area contributed by atoms with Crippen LogP contribution in [0.25, 0.3) is 11.5 Å². The monoisotopic (exact) mass is 309 g/mol. The summed E-state index contributed by atoms with van der Waals surface area (Å²) in [5.74, 6) is 0.280. The number of aromatic nitrogens is 2. The van der Waals surface area contributed by atoms with E-state index in [0.717, 1.165) is 11.1 Å². The van der Waals surface area contributed by atoms with Crippen molar-refractivity contribution in [1.29, 1.82) is 0 Å². The number of H-pyrrole nitrogens is 1. The number of benzene rings is 1. The van der Waals surface area contributed by atoms with Crippen LogP contribution in [-0.2, 0) is 6.42 Å². The molecule has 0 unspecified atom stereocenters. The summed E-state index contributed by atoms with van der Waals surface area (Å²) in [5, 5.41) is 19.9. The van der Waals surface area contributed by atoms with Crippen LogP contribution in [-0.4, -0.2) is 27.3 Å². The molecular formula is C17H15N3O3. The molecule has 4 rings (SSSR count). The van der Waals surface area contributed by atoms with E-state index >= 15 is 0 Å². The Morgan fingerprint density at radius 2 is 2.17 bits per heavy atom. The van der Waals surface area contributed by atoms with E-state index in [1.807, 2.05) is 24.3 Å². The highest BCUT2D eigenvalue weighted by atomic mass is 16.3. The molecule has 3 aromatic rings. The molecule has 1 aliphatic rings. The summed E-state index contributed by atoms with van der Waals surface area (Å²) < 4.78 is 5.27. The molecule has 0 spiro atoms. The Morgan fingerprint density at radius 1 is 1.30 bits per heavy atom. The molecule has 0 radical (unpaired) electrons. The second kappa shape index (κ2) is 5.40. The van der Waals surface area contributed by atoms with Gasteiger partial charge in [-0.1, -0.05) is 24.3 Å². The van der Waals surface area contributed by atoms with Gasteiger partial charge in [0.2, 0.25) is 0 Å². The number of carbonyl (C=O) groups excluding carboxylic acids is 1. The molecule has 0 saturated heterocycles. The van der Waals surface area contributed by atoms with Crippen molar-refractivity contribution >= 4 is 5.91 Å². The van der Waals surface area contributed by atoms with Gasteiger partial charge in [-0.25, -0.2) is 0 Å². The minimum absolute atomic E-state index is 0.257. The maximum Gasteiger partial charge on any atom is 0.272 e. The molecule has 0 aliphatic heterocycles. The van der Waals surface area contributed by atoms with Crippen LogP contribution >= 0.6 is 0 Å². The molecule has 116 valence electrons. The van der Waals surface area contributed by atoms with Crippen LogP contribution in [0.2, 0.25) is 0 Å². The van der Waals surface area contributed by atoms with Crippen LogP contribution in [0.15, 0.2) is 53.1 Å². The van der Waals surface area contributed by atoms with E-state index in [9.17, 15) is 9.90 Å². The summed E-state index contributed by atoms with van der Waals surface area (Å²) in [6.45, 7) is 0. The number of carbonyl (C=O) groups is 1. The van der Waals surface area contributed by atoms with Gasteiger partial charge in [-0.3, -0.25) is 9.89 Å². The summed E-state index contributed by atoms with van der Waals surface area (Å²) in [6, 6.07) is 12.5. The van der Waals surface area contributed by atoms with E-state index in [-0.39, 0.29) is 11.6 Å². The van der Waals surface area contributed by atoms with Gasteiger partial charge in [0.05, 0.1) is 18.4 Å². The molecule has 0 saturated carbocycles. The van der Waals surface area contributed by atoms with Crippen molar-refractivity contribution in [2.45, 2.75) is 18.6 Å². The second-order valence-corrected chi connectivity index (χ2v) is 5.57. The van der Waals surface area contributed by atoms with Gasteiger partial charge in [-0.05, 0) is 23.3 Å². The summed E-state index contributed by atoms with van der Waals surface area (Å²) in [5.41, 5.74) is 2.90. The number of amides is 1. The van der Waals surface area contributed by atoms with Crippen molar-refractivity contribution in [1.82, 2.24) is 15.5 Å². The lowest BCUT2D eigenvalue weighted by Crippen LogP contribution is -2.34. The van der Waals surface area contributed by atoms with Gasteiger partial charge in [0.25, 0.3) is 5.91 Å². The lowest BCUT2D eigenvalue weighted by Gasteiger charge is -2.17. The van der Waals surface area contributed by atoms with E-state index < -0.39 is 12.1 Å². The van der Waals surface area contributed by atoms with Gasteiger partial charge in [-0.2, -0.15) is 5.10 Å². The van der Waals surface area contributed by atoms with Crippen LogP contribution < -0.4 is 5.32 Å². The first-order valence-corrected chi connectivity index (χ1v) is 7.38. The van der Waals surface area contributed by atoms with Crippen molar-refractivity contribution in [3.8, 4) is 11.5 Å².